The van der Waals surface area contributed by atoms with Crippen molar-refractivity contribution in [3.8, 4) is 0 Å². The molecule has 54 valence electrons. The van der Waals surface area contributed by atoms with E-state index in [1.54, 1.807) is 19.1 Å². The maximum atomic E-state index is 10.3. The van der Waals surface area contributed by atoms with E-state index < -0.39 is 11.8 Å². The molecule has 0 fully saturated rings. The van der Waals surface area contributed by atoms with Crippen molar-refractivity contribution >= 4 is 11.8 Å². The van der Waals surface area contributed by atoms with Crippen molar-refractivity contribution in [1.82, 2.24) is 0 Å². The molecule has 0 aromatic rings. The average Bonchev–Trinajstić information content (AvgIpc) is 1.88. The lowest BCUT2D eigenvalue weighted by molar-refractivity contribution is -0.146. The number of hydrogen-bond donors (Lipinski definition) is 1. The number of hydrogen-bond acceptors (Lipinski definition) is 2. The molecule has 0 bridgehead atoms. The van der Waals surface area contributed by atoms with E-state index in [4.69, 9.17) is 5.11 Å². The third kappa shape index (κ3) is 3.60. The Balaban J connectivity index is 3.90. The molecule has 0 unspecified atom stereocenters. The van der Waals surface area contributed by atoms with E-state index in [0.717, 1.165) is 6.08 Å². The highest BCUT2D eigenvalue weighted by Gasteiger charge is 2.03. The van der Waals surface area contributed by atoms with Crippen LogP contribution in [0.3, 0.4) is 0 Å². The lowest BCUT2D eigenvalue weighted by atomic mass is 10.3. The molecule has 0 aliphatic rings. The number of carboxylic acids is 1. The summed E-state index contributed by atoms with van der Waals surface area (Å²) in [5.74, 6) is -2.33. The van der Waals surface area contributed by atoms with Crippen molar-refractivity contribution in [3.63, 3.8) is 0 Å². The number of allylic oxidation sites excluding steroid dienone is 3. The molecule has 0 aromatic heterocycles. The van der Waals surface area contributed by atoms with E-state index in [1.807, 2.05) is 0 Å². The van der Waals surface area contributed by atoms with E-state index in [1.165, 1.54) is 6.08 Å². The monoisotopic (exact) mass is 140 g/mol. The second-order valence-electron chi connectivity index (χ2n) is 1.55. The van der Waals surface area contributed by atoms with Crippen LogP contribution in [0.1, 0.15) is 6.92 Å². The SMILES string of the molecule is CC=CC=CC(=O)C(=O)O. The third-order valence-corrected chi connectivity index (χ3v) is 0.762. The van der Waals surface area contributed by atoms with Crippen molar-refractivity contribution in [2.24, 2.45) is 0 Å². The molecule has 0 spiro atoms. The summed E-state index contributed by atoms with van der Waals surface area (Å²) in [4.78, 5) is 20.2. The van der Waals surface area contributed by atoms with E-state index in [9.17, 15) is 9.59 Å². The topological polar surface area (TPSA) is 54.4 Å². The van der Waals surface area contributed by atoms with Gasteiger partial charge in [0.05, 0.1) is 0 Å². The van der Waals surface area contributed by atoms with Crippen molar-refractivity contribution in [2.45, 2.75) is 6.92 Å². The molecule has 10 heavy (non-hydrogen) atoms. The second-order valence-corrected chi connectivity index (χ2v) is 1.55. The Morgan fingerprint density at radius 2 is 1.90 bits per heavy atom. The largest absolute Gasteiger partial charge is 0.475 e. The van der Waals surface area contributed by atoms with Crippen molar-refractivity contribution < 1.29 is 14.7 Å². The highest BCUT2D eigenvalue weighted by Crippen LogP contribution is 1.79. The fraction of sp³-hybridized carbons (Fsp3) is 0.143. The van der Waals surface area contributed by atoms with Gasteiger partial charge in [-0.05, 0) is 13.0 Å². The van der Waals surface area contributed by atoms with Crippen LogP contribution in [0.5, 0.6) is 0 Å². The first kappa shape index (κ1) is 8.62. The first-order valence-electron chi connectivity index (χ1n) is 2.75. The Kier molecular flexibility index (Phi) is 3.87. The van der Waals surface area contributed by atoms with E-state index in [-0.39, 0.29) is 0 Å². The van der Waals surface area contributed by atoms with Gasteiger partial charge in [0.15, 0.2) is 0 Å². The Morgan fingerprint density at radius 3 is 2.30 bits per heavy atom. The fourth-order valence-corrected chi connectivity index (χ4v) is 0.325. The number of rotatable bonds is 3. The van der Waals surface area contributed by atoms with Crippen LogP contribution in [0.15, 0.2) is 24.3 Å². The van der Waals surface area contributed by atoms with Gasteiger partial charge in [-0.15, -0.1) is 0 Å². The molecular weight excluding hydrogens is 132 g/mol. The summed E-state index contributed by atoms with van der Waals surface area (Å²) in [5, 5.41) is 8.06. The fourth-order valence-electron chi connectivity index (χ4n) is 0.325. The van der Waals surface area contributed by atoms with Crippen LogP contribution in [0, 0.1) is 0 Å². The number of aliphatic carboxylic acids is 1. The van der Waals surface area contributed by atoms with E-state index >= 15 is 0 Å². The molecule has 0 rings (SSSR count). The maximum Gasteiger partial charge on any atom is 0.376 e. The molecule has 0 radical (unpaired) electrons. The van der Waals surface area contributed by atoms with Gasteiger partial charge in [0.2, 0.25) is 0 Å². The smallest absolute Gasteiger partial charge is 0.376 e. The Labute approximate surface area is 58.7 Å². The normalized spacial score (nSPS) is 10.9. The van der Waals surface area contributed by atoms with Crippen molar-refractivity contribution in [2.75, 3.05) is 0 Å². The summed E-state index contributed by atoms with van der Waals surface area (Å²) in [6, 6.07) is 0. The maximum absolute atomic E-state index is 10.3. The van der Waals surface area contributed by atoms with Crippen LogP contribution < -0.4 is 0 Å². The standard InChI is InChI=1S/C7H8O3/c1-2-3-4-5-6(8)7(9)10/h2-5H,1H3,(H,9,10). The highest BCUT2D eigenvalue weighted by molar-refractivity contribution is 6.37. The summed E-state index contributed by atoms with van der Waals surface area (Å²) < 4.78 is 0. The molecule has 0 aliphatic heterocycles. The van der Waals surface area contributed by atoms with Crippen LogP contribution in [0.25, 0.3) is 0 Å². The molecule has 0 saturated carbocycles. The Bertz CT molecular complexity index is 189. The summed E-state index contributed by atoms with van der Waals surface area (Å²) in [6.07, 6.45) is 5.67. The molecule has 0 heterocycles. The number of carboxylic acid groups (broad SMARTS) is 1. The average molecular weight is 140 g/mol. The Morgan fingerprint density at radius 1 is 1.30 bits per heavy atom. The van der Waals surface area contributed by atoms with Crippen LogP contribution >= 0.6 is 0 Å². The summed E-state index contributed by atoms with van der Waals surface area (Å²) in [7, 11) is 0. The third-order valence-electron chi connectivity index (χ3n) is 0.762. The van der Waals surface area contributed by atoms with Gasteiger partial charge in [0.25, 0.3) is 5.78 Å². The lowest BCUT2D eigenvalue weighted by Gasteiger charge is -1.79. The number of ketones is 1. The number of carbonyl (C=O) groups excluding carboxylic acids is 1. The van der Waals surface area contributed by atoms with Gasteiger partial charge < -0.3 is 5.11 Å². The van der Waals surface area contributed by atoms with E-state index in [2.05, 4.69) is 0 Å². The van der Waals surface area contributed by atoms with Gasteiger partial charge in [0, 0.05) is 0 Å². The first-order valence-corrected chi connectivity index (χ1v) is 2.75. The molecule has 0 atom stereocenters. The predicted octanol–water partition coefficient (Wildman–Crippen LogP) is 0.772. The van der Waals surface area contributed by atoms with Gasteiger partial charge in [0.1, 0.15) is 0 Å². The predicted molar refractivity (Wildman–Crippen MR) is 36.6 cm³/mol. The summed E-state index contributed by atoms with van der Waals surface area (Å²) in [5.41, 5.74) is 0. The molecule has 3 nitrogen and oxygen atoms in total. The minimum atomic E-state index is -1.43. The summed E-state index contributed by atoms with van der Waals surface area (Å²) in [6.45, 7) is 1.77. The van der Waals surface area contributed by atoms with Crippen molar-refractivity contribution in [1.29, 1.82) is 0 Å². The molecule has 0 saturated heterocycles. The zero-order valence-electron chi connectivity index (χ0n) is 5.57. The van der Waals surface area contributed by atoms with Gasteiger partial charge in [-0.3, -0.25) is 4.79 Å². The van der Waals surface area contributed by atoms with Gasteiger partial charge in [-0.1, -0.05) is 18.2 Å². The van der Waals surface area contributed by atoms with Gasteiger partial charge >= 0.3 is 5.97 Å². The second kappa shape index (κ2) is 4.49. The van der Waals surface area contributed by atoms with Crippen LogP contribution in [0.2, 0.25) is 0 Å². The molecule has 0 aromatic carbocycles. The minimum absolute atomic E-state index is 0.905. The zero-order chi connectivity index (χ0) is 7.98. The van der Waals surface area contributed by atoms with Gasteiger partial charge in [-0.25, -0.2) is 4.79 Å². The summed E-state index contributed by atoms with van der Waals surface area (Å²) >= 11 is 0. The molecule has 0 amide bonds. The van der Waals surface area contributed by atoms with Crippen LogP contribution in [-0.4, -0.2) is 16.9 Å². The van der Waals surface area contributed by atoms with Crippen LogP contribution in [0.4, 0.5) is 0 Å². The number of carbonyl (C=O) groups is 2. The molecule has 3 heteroatoms. The van der Waals surface area contributed by atoms with E-state index in [0.29, 0.717) is 0 Å². The molecule has 1 N–H and O–H groups in total. The molecule has 0 aliphatic carbocycles. The molecular formula is C7H8O3. The van der Waals surface area contributed by atoms with Crippen LogP contribution in [-0.2, 0) is 9.59 Å². The highest BCUT2D eigenvalue weighted by atomic mass is 16.4. The van der Waals surface area contributed by atoms with Crippen molar-refractivity contribution in [3.05, 3.63) is 24.3 Å². The first-order chi connectivity index (χ1) is 4.68. The lowest BCUT2D eigenvalue weighted by Crippen LogP contribution is -2.08. The quantitative estimate of drug-likeness (QED) is 0.358. The minimum Gasteiger partial charge on any atom is -0.475 e. The Hall–Kier alpha value is -1.38. The zero-order valence-corrected chi connectivity index (χ0v) is 5.57. The van der Waals surface area contributed by atoms with Gasteiger partial charge in [-0.2, -0.15) is 0 Å².